The molecule has 0 radical (unpaired) electrons. The van der Waals surface area contributed by atoms with Gasteiger partial charge in [0.15, 0.2) is 0 Å². The number of carboxylic acids is 1. The fraction of sp³-hybridized carbons (Fsp3) is 0.200. The minimum Gasteiger partial charge on any atom is -0.478 e. The van der Waals surface area contributed by atoms with Crippen molar-refractivity contribution in [2.75, 3.05) is 0 Å². The van der Waals surface area contributed by atoms with Crippen molar-refractivity contribution in [3.8, 4) is 0 Å². The highest BCUT2D eigenvalue weighted by molar-refractivity contribution is 5.88. The second-order valence-corrected chi connectivity index (χ2v) is 4.59. The molecule has 1 aromatic heterocycles. The zero-order valence-corrected chi connectivity index (χ0v) is 9.84. The molecule has 1 unspecified atom stereocenters. The van der Waals surface area contributed by atoms with E-state index in [2.05, 4.69) is 4.98 Å². The van der Waals surface area contributed by atoms with Crippen molar-refractivity contribution in [3.63, 3.8) is 0 Å². The average Bonchev–Trinajstić information content (AvgIpc) is 2.82. The molecule has 0 saturated heterocycles. The number of benzene rings is 1. The standard InChI is InChI=1S/C15H13NO2/c17-15(18)12-2-4-14-11(9-12)1-3-13(14)10-5-7-16-8-6-10/h2,4-9,13H,1,3H2,(H,17,18). The van der Waals surface area contributed by atoms with Crippen molar-refractivity contribution >= 4 is 5.97 Å². The number of carbonyl (C=O) groups is 1. The van der Waals surface area contributed by atoms with Gasteiger partial charge in [-0.1, -0.05) is 6.07 Å². The van der Waals surface area contributed by atoms with E-state index < -0.39 is 5.97 Å². The maximum atomic E-state index is 10.9. The van der Waals surface area contributed by atoms with Crippen molar-refractivity contribution in [1.82, 2.24) is 4.98 Å². The van der Waals surface area contributed by atoms with Crippen LogP contribution in [0.3, 0.4) is 0 Å². The molecule has 1 aliphatic carbocycles. The summed E-state index contributed by atoms with van der Waals surface area (Å²) in [5, 5.41) is 8.99. The summed E-state index contributed by atoms with van der Waals surface area (Å²) >= 11 is 0. The molecular weight excluding hydrogens is 226 g/mol. The van der Waals surface area contributed by atoms with Crippen molar-refractivity contribution in [3.05, 3.63) is 65.0 Å². The monoisotopic (exact) mass is 239 g/mol. The number of rotatable bonds is 2. The van der Waals surface area contributed by atoms with Crippen LogP contribution in [0, 0.1) is 0 Å². The fourth-order valence-electron chi connectivity index (χ4n) is 2.69. The van der Waals surface area contributed by atoms with Crippen LogP contribution in [0.25, 0.3) is 0 Å². The van der Waals surface area contributed by atoms with E-state index in [9.17, 15) is 4.79 Å². The lowest BCUT2D eigenvalue weighted by Crippen LogP contribution is -1.99. The highest BCUT2D eigenvalue weighted by Crippen LogP contribution is 2.38. The lowest BCUT2D eigenvalue weighted by Gasteiger charge is -2.11. The zero-order valence-electron chi connectivity index (χ0n) is 9.84. The lowest BCUT2D eigenvalue weighted by atomic mass is 9.93. The Labute approximate surface area is 105 Å². The first-order chi connectivity index (χ1) is 8.75. The van der Waals surface area contributed by atoms with E-state index in [-0.39, 0.29) is 0 Å². The van der Waals surface area contributed by atoms with Crippen molar-refractivity contribution < 1.29 is 9.90 Å². The number of hydrogen-bond donors (Lipinski definition) is 1. The normalized spacial score (nSPS) is 17.4. The SMILES string of the molecule is O=C(O)c1ccc2c(c1)CCC2c1ccncc1. The minimum absolute atomic E-state index is 0.379. The molecule has 3 heteroatoms. The predicted octanol–water partition coefficient (Wildman–Crippen LogP) is 2.86. The van der Waals surface area contributed by atoms with Crippen LogP contribution in [0.15, 0.2) is 42.7 Å². The Morgan fingerprint density at radius 1 is 1.22 bits per heavy atom. The van der Waals surface area contributed by atoms with Gasteiger partial charge >= 0.3 is 5.97 Å². The third kappa shape index (κ3) is 1.78. The third-order valence-corrected chi connectivity index (χ3v) is 3.58. The quantitative estimate of drug-likeness (QED) is 0.876. The molecule has 1 aromatic carbocycles. The number of fused-ring (bicyclic) bond motifs is 1. The molecule has 1 atom stereocenters. The van der Waals surface area contributed by atoms with Gasteiger partial charge in [-0.15, -0.1) is 0 Å². The van der Waals surface area contributed by atoms with Crippen LogP contribution in [0.1, 0.15) is 39.4 Å². The van der Waals surface area contributed by atoms with Crippen LogP contribution in [0.2, 0.25) is 0 Å². The van der Waals surface area contributed by atoms with Crippen LogP contribution < -0.4 is 0 Å². The second kappa shape index (κ2) is 4.26. The Morgan fingerprint density at radius 2 is 2.00 bits per heavy atom. The van der Waals surface area contributed by atoms with E-state index in [1.807, 2.05) is 18.2 Å². The maximum Gasteiger partial charge on any atom is 0.335 e. The van der Waals surface area contributed by atoms with Gasteiger partial charge in [-0.05, 0) is 53.8 Å². The molecule has 1 heterocycles. The second-order valence-electron chi connectivity index (χ2n) is 4.59. The molecule has 0 bridgehead atoms. The van der Waals surface area contributed by atoms with Gasteiger partial charge < -0.3 is 5.11 Å². The summed E-state index contributed by atoms with van der Waals surface area (Å²) in [6, 6.07) is 9.52. The van der Waals surface area contributed by atoms with Crippen molar-refractivity contribution in [1.29, 1.82) is 0 Å². The fourth-order valence-corrected chi connectivity index (χ4v) is 2.69. The van der Waals surface area contributed by atoms with Gasteiger partial charge in [0.1, 0.15) is 0 Å². The van der Waals surface area contributed by atoms with E-state index in [4.69, 9.17) is 5.11 Å². The summed E-state index contributed by atoms with van der Waals surface area (Å²) in [6.07, 6.45) is 5.60. The molecule has 0 aliphatic heterocycles. The summed E-state index contributed by atoms with van der Waals surface area (Å²) in [5.41, 5.74) is 4.05. The molecule has 0 saturated carbocycles. The van der Waals surface area contributed by atoms with Crippen molar-refractivity contribution in [2.24, 2.45) is 0 Å². The van der Waals surface area contributed by atoms with Crippen LogP contribution in [-0.2, 0) is 6.42 Å². The van der Waals surface area contributed by atoms with Crippen LogP contribution >= 0.6 is 0 Å². The first kappa shape index (κ1) is 11.0. The topological polar surface area (TPSA) is 50.2 Å². The van der Waals surface area contributed by atoms with Gasteiger partial charge in [-0.25, -0.2) is 4.79 Å². The Balaban J connectivity index is 2.00. The lowest BCUT2D eigenvalue weighted by molar-refractivity contribution is 0.0697. The minimum atomic E-state index is -0.856. The summed E-state index contributed by atoms with van der Waals surface area (Å²) in [5.74, 6) is -0.476. The number of pyridine rings is 1. The highest BCUT2D eigenvalue weighted by Gasteiger charge is 2.24. The first-order valence-corrected chi connectivity index (χ1v) is 6.02. The van der Waals surface area contributed by atoms with Gasteiger partial charge in [0.2, 0.25) is 0 Å². The molecule has 0 amide bonds. The predicted molar refractivity (Wildman–Crippen MR) is 67.8 cm³/mol. The summed E-state index contributed by atoms with van der Waals surface area (Å²) in [4.78, 5) is 15.0. The van der Waals surface area contributed by atoms with Gasteiger partial charge in [0.25, 0.3) is 0 Å². The summed E-state index contributed by atoms with van der Waals surface area (Å²) < 4.78 is 0. The van der Waals surface area contributed by atoms with E-state index >= 15 is 0 Å². The Bertz CT molecular complexity index is 593. The van der Waals surface area contributed by atoms with E-state index in [0.29, 0.717) is 11.5 Å². The molecule has 1 N–H and O–H groups in total. The van der Waals surface area contributed by atoms with Gasteiger partial charge in [-0.3, -0.25) is 4.98 Å². The molecular formula is C15H13NO2. The number of aromatic carboxylic acids is 1. The van der Waals surface area contributed by atoms with Crippen LogP contribution in [0.4, 0.5) is 0 Å². The first-order valence-electron chi connectivity index (χ1n) is 6.02. The summed E-state index contributed by atoms with van der Waals surface area (Å²) in [7, 11) is 0. The molecule has 0 spiro atoms. The van der Waals surface area contributed by atoms with Gasteiger partial charge in [-0.2, -0.15) is 0 Å². The van der Waals surface area contributed by atoms with Crippen LogP contribution in [0.5, 0.6) is 0 Å². The number of nitrogens with zero attached hydrogens (tertiary/aromatic N) is 1. The Morgan fingerprint density at radius 3 is 2.72 bits per heavy atom. The highest BCUT2D eigenvalue weighted by atomic mass is 16.4. The summed E-state index contributed by atoms with van der Waals surface area (Å²) in [6.45, 7) is 0. The maximum absolute atomic E-state index is 10.9. The molecule has 2 aromatic rings. The zero-order chi connectivity index (χ0) is 12.5. The number of hydrogen-bond acceptors (Lipinski definition) is 2. The molecule has 18 heavy (non-hydrogen) atoms. The number of carboxylic acid groups (broad SMARTS) is 1. The molecule has 90 valence electrons. The number of aryl methyl sites for hydroxylation is 1. The molecule has 3 nitrogen and oxygen atoms in total. The van der Waals surface area contributed by atoms with Crippen LogP contribution in [-0.4, -0.2) is 16.1 Å². The smallest absolute Gasteiger partial charge is 0.335 e. The van der Waals surface area contributed by atoms with E-state index in [1.54, 1.807) is 24.5 Å². The molecule has 3 rings (SSSR count). The largest absolute Gasteiger partial charge is 0.478 e. The van der Waals surface area contributed by atoms with Gasteiger partial charge in [0.05, 0.1) is 5.56 Å². The molecule has 1 aliphatic rings. The van der Waals surface area contributed by atoms with Gasteiger partial charge in [0, 0.05) is 18.3 Å². The van der Waals surface area contributed by atoms with E-state index in [0.717, 1.165) is 18.4 Å². The number of aromatic nitrogens is 1. The Hall–Kier alpha value is -2.16. The third-order valence-electron chi connectivity index (χ3n) is 3.58. The van der Waals surface area contributed by atoms with Crippen molar-refractivity contribution in [2.45, 2.75) is 18.8 Å². The average molecular weight is 239 g/mol. The Kier molecular flexibility index (Phi) is 2.59. The van der Waals surface area contributed by atoms with E-state index in [1.165, 1.54) is 11.1 Å². The molecule has 0 fully saturated rings.